The average Bonchev–Trinajstić information content (AvgIpc) is 2.40. The van der Waals surface area contributed by atoms with Gasteiger partial charge >= 0.3 is 0 Å². The topological polar surface area (TPSA) is 15.3 Å². The summed E-state index contributed by atoms with van der Waals surface area (Å²) in [6, 6.07) is 6.25. The molecule has 100 valence electrons. The third-order valence-corrected chi connectivity index (χ3v) is 4.18. The summed E-state index contributed by atoms with van der Waals surface area (Å²) in [4.78, 5) is 2.51. The van der Waals surface area contributed by atoms with Gasteiger partial charge in [0, 0.05) is 30.3 Å². The lowest BCUT2D eigenvalue weighted by molar-refractivity contribution is 0.394. The predicted molar refractivity (Wildman–Crippen MR) is 79.4 cm³/mol. The first-order chi connectivity index (χ1) is 8.74. The molecule has 0 aromatic heterocycles. The van der Waals surface area contributed by atoms with Gasteiger partial charge in [0.2, 0.25) is 0 Å². The van der Waals surface area contributed by atoms with Crippen molar-refractivity contribution in [2.75, 3.05) is 25.0 Å². The smallest absolute Gasteiger partial charge is 0.0412 e. The predicted octanol–water partition coefficient (Wildman–Crippen LogP) is 3.69. The Kier molecular flexibility index (Phi) is 4.90. The Hall–Kier alpha value is -0.730. The maximum Gasteiger partial charge on any atom is 0.0412 e. The molecule has 0 unspecified atom stereocenters. The zero-order chi connectivity index (χ0) is 13.0. The molecule has 1 aliphatic heterocycles. The van der Waals surface area contributed by atoms with Gasteiger partial charge in [-0.1, -0.05) is 24.9 Å². The Morgan fingerprint density at radius 1 is 1.33 bits per heavy atom. The van der Waals surface area contributed by atoms with Crippen LogP contribution in [0.3, 0.4) is 0 Å². The summed E-state index contributed by atoms with van der Waals surface area (Å²) in [7, 11) is 1.98. The third kappa shape index (κ3) is 3.18. The van der Waals surface area contributed by atoms with Crippen LogP contribution in [0.5, 0.6) is 0 Å². The van der Waals surface area contributed by atoms with E-state index >= 15 is 0 Å². The lowest BCUT2D eigenvalue weighted by atomic mass is 9.94. The molecular formula is C15H23ClN2. The van der Waals surface area contributed by atoms with Crippen molar-refractivity contribution in [3.63, 3.8) is 0 Å². The first-order valence-corrected chi connectivity index (χ1v) is 7.30. The van der Waals surface area contributed by atoms with Crippen LogP contribution in [0.4, 0.5) is 5.69 Å². The number of benzene rings is 1. The van der Waals surface area contributed by atoms with Crippen LogP contribution in [0.15, 0.2) is 18.2 Å². The summed E-state index contributed by atoms with van der Waals surface area (Å²) >= 11 is 6.09. The lowest BCUT2D eigenvalue weighted by Gasteiger charge is -2.34. The molecule has 0 aliphatic carbocycles. The summed E-state index contributed by atoms with van der Waals surface area (Å²) < 4.78 is 0. The van der Waals surface area contributed by atoms with Crippen molar-refractivity contribution >= 4 is 17.3 Å². The van der Waals surface area contributed by atoms with E-state index in [0.717, 1.165) is 17.5 Å². The number of nitrogens with zero attached hydrogens (tertiary/aromatic N) is 1. The summed E-state index contributed by atoms with van der Waals surface area (Å²) in [5.74, 6) is 0.918. The van der Waals surface area contributed by atoms with E-state index in [1.165, 1.54) is 43.6 Å². The van der Waals surface area contributed by atoms with Crippen molar-refractivity contribution in [3.05, 3.63) is 28.8 Å². The standard InChI is InChI=1S/C15H23ClN2/c1-3-12-6-8-18(9-7-12)15-5-4-14(16)10-13(15)11-17-2/h4-5,10,12,17H,3,6-9,11H2,1-2H3. The lowest BCUT2D eigenvalue weighted by Crippen LogP contribution is -2.34. The molecule has 0 bridgehead atoms. The molecule has 0 amide bonds. The number of anilines is 1. The van der Waals surface area contributed by atoms with Gasteiger partial charge in [0.1, 0.15) is 0 Å². The highest BCUT2D eigenvalue weighted by Gasteiger charge is 2.19. The second kappa shape index (κ2) is 6.44. The van der Waals surface area contributed by atoms with Gasteiger partial charge in [-0.25, -0.2) is 0 Å². The quantitative estimate of drug-likeness (QED) is 0.894. The van der Waals surface area contributed by atoms with Gasteiger partial charge in [-0.3, -0.25) is 0 Å². The molecule has 0 radical (unpaired) electrons. The maximum absolute atomic E-state index is 6.09. The van der Waals surface area contributed by atoms with E-state index < -0.39 is 0 Å². The molecule has 1 N–H and O–H groups in total. The van der Waals surface area contributed by atoms with Crippen molar-refractivity contribution in [1.82, 2.24) is 5.32 Å². The summed E-state index contributed by atoms with van der Waals surface area (Å²) in [5.41, 5.74) is 2.66. The van der Waals surface area contributed by atoms with E-state index in [1.807, 2.05) is 13.1 Å². The van der Waals surface area contributed by atoms with Gasteiger partial charge in [0.15, 0.2) is 0 Å². The first kappa shape index (κ1) is 13.7. The molecule has 0 atom stereocenters. The molecule has 0 spiro atoms. The molecule has 2 nitrogen and oxygen atoms in total. The highest BCUT2D eigenvalue weighted by Crippen LogP contribution is 2.29. The normalized spacial score (nSPS) is 17.2. The second-order valence-corrected chi connectivity index (χ2v) is 5.58. The maximum atomic E-state index is 6.09. The zero-order valence-electron chi connectivity index (χ0n) is 11.4. The molecule has 2 rings (SSSR count). The molecule has 3 heteroatoms. The Morgan fingerprint density at radius 2 is 2.06 bits per heavy atom. The highest BCUT2D eigenvalue weighted by atomic mass is 35.5. The van der Waals surface area contributed by atoms with Crippen LogP contribution in [-0.2, 0) is 6.54 Å². The largest absolute Gasteiger partial charge is 0.371 e. The molecule has 0 saturated carbocycles. The van der Waals surface area contributed by atoms with Gasteiger partial charge in [0.05, 0.1) is 0 Å². The highest BCUT2D eigenvalue weighted by molar-refractivity contribution is 6.30. The molecule has 1 heterocycles. The van der Waals surface area contributed by atoms with Gasteiger partial charge in [0.25, 0.3) is 0 Å². The number of hydrogen-bond donors (Lipinski definition) is 1. The van der Waals surface area contributed by atoms with Crippen molar-refractivity contribution in [2.45, 2.75) is 32.7 Å². The molecular weight excluding hydrogens is 244 g/mol. The third-order valence-electron chi connectivity index (χ3n) is 3.94. The van der Waals surface area contributed by atoms with E-state index in [0.29, 0.717) is 0 Å². The summed E-state index contributed by atoms with van der Waals surface area (Å²) in [6.45, 7) is 5.53. The number of rotatable bonds is 4. The van der Waals surface area contributed by atoms with Crippen molar-refractivity contribution in [1.29, 1.82) is 0 Å². The number of hydrogen-bond acceptors (Lipinski definition) is 2. The van der Waals surface area contributed by atoms with Crippen molar-refractivity contribution < 1.29 is 0 Å². The van der Waals surface area contributed by atoms with Crippen LogP contribution in [0.25, 0.3) is 0 Å². The number of piperidine rings is 1. The Balaban J connectivity index is 2.13. The molecule has 1 aliphatic rings. The fourth-order valence-electron chi connectivity index (χ4n) is 2.78. The zero-order valence-corrected chi connectivity index (χ0v) is 12.1. The van der Waals surface area contributed by atoms with Gasteiger partial charge in [-0.05, 0) is 49.6 Å². The van der Waals surface area contributed by atoms with Crippen LogP contribution >= 0.6 is 11.6 Å². The minimum absolute atomic E-state index is 0.826. The number of nitrogens with one attached hydrogen (secondary N) is 1. The Bertz CT molecular complexity index is 384. The van der Waals surface area contributed by atoms with E-state index in [9.17, 15) is 0 Å². The van der Waals surface area contributed by atoms with Crippen LogP contribution in [0, 0.1) is 5.92 Å². The number of halogens is 1. The van der Waals surface area contributed by atoms with Crippen molar-refractivity contribution in [3.8, 4) is 0 Å². The monoisotopic (exact) mass is 266 g/mol. The van der Waals surface area contributed by atoms with Gasteiger partial charge in [-0.2, -0.15) is 0 Å². The minimum Gasteiger partial charge on any atom is -0.371 e. The minimum atomic E-state index is 0.826. The van der Waals surface area contributed by atoms with E-state index in [4.69, 9.17) is 11.6 Å². The van der Waals surface area contributed by atoms with Crippen molar-refractivity contribution in [2.24, 2.45) is 5.92 Å². The summed E-state index contributed by atoms with van der Waals surface area (Å²) in [6.07, 6.45) is 3.95. The van der Waals surface area contributed by atoms with Crippen LogP contribution in [0.1, 0.15) is 31.7 Å². The molecule has 18 heavy (non-hydrogen) atoms. The van der Waals surface area contributed by atoms with E-state index in [1.54, 1.807) is 0 Å². The Morgan fingerprint density at radius 3 is 2.67 bits per heavy atom. The molecule has 1 fully saturated rings. The van der Waals surface area contributed by atoms with Crippen LogP contribution < -0.4 is 10.2 Å². The van der Waals surface area contributed by atoms with Gasteiger partial charge < -0.3 is 10.2 Å². The SMILES string of the molecule is CCC1CCN(c2ccc(Cl)cc2CNC)CC1. The van der Waals surface area contributed by atoms with E-state index in [2.05, 4.69) is 29.3 Å². The fourth-order valence-corrected chi connectivity index (χ4v) is 2.97. The second-order valence-electron chi connectivity index (χ2n) is 5.14. The molecule has 1 aromatic carbocycles. The van der Waals surface area contributed by atoms with E-state index in [-0.39, 0.29) is 0 Å². The first-order valence-electron chi connectivity index (χ1n) is 6.92. The Labute approximate surface area is 115 Å². The van der Waals surface area contributed by atoms with Crippen LogP contribution in [-0.4, -0.2) is 20.1 Å². The molecule has 1 saturated heterocycles. The van der Waals surface area contributed by atoms with Gasteiger partial charge in [-0.15, -0.1) is 0 Å². The summed E-state index contributed by atoms with van der Waals surface area (Å²) in [5, 5.41) is 4.05. The van der Waals surface area contributed by atoms with Crippen LogP contribution in [0.2, 0.25) is 5.02 Å². The molecule has 1 aromatic rings. The average molecular weight is 267 g/mol. The fraction of sp³-hybridized carbons (Fsp3) is 0.600.